The van der Waals surface area contributed by atoms with Crippen LogP contribution in [0.15, 0.2) is 12.3 Å². The standard InChI is InChI=1S/C4H6NP/c1-4-2-3-5-6-4/h2-3,5H,1H3. The Morgan fingerprint density at radius 1 is 1.83 bits per heavy atom. The monoisotopic (exact) mass is 99.0 g/mol. The van der Waals surface area contributed by atoms with Crippen molar-refractivity contribution in [1.82, 2.24) is 4.75 Å². The van der Waals surface area contributed by atoms with Crippen molar-refractivity contribution >= 4 is 8.35 Å². The number of aromatic nitrogens is 1. The molecule has 0 bridgehead atoms. The van der Waals surface area contributed by atoms with Crippen LogP contribution in [0.1, 0.15) is 5.30 Å². The van der Waals surface area contributed by atoms with E-state index in [2.05, 4.69) is 17.7 Å². The van der Waals surface area contributed by atoms with E-state index in [1.165, 1.54) is 13.6 Å². The van der Waals surface area contributed by atoms with Gasteiger partial charge in [-0.1, -0.05) is 0 Å². The van der Waals surface area contributed by atoms with E-state index >= 15 is 0 Å². The lowest BCUT2D eigenvalue weighted by atomic mass is 10.6. The molecular weight excluding hydrogens is 93.0 g/mol. The van der Waals surface area contributed by atoms with E-state index in [4.69, 9.17) is 0 Å². The molecular formula is C4H6NP. The fraction of sp³-hybridized carbons (Fsp3) is 0.250. The molecule has 0 unspecified atom stereocenters. The molecule has 6 heavy (non-hydrogen) atoms. The molecule has 0 spiro atoms. The summed E-state index contributed by atoms with van der Waals surface area (Å²) in [6, 6.07) is 2.07. The molecule has 1 aromatic rings. The second kappa shape index (κ2) is 1.44. The SMILES string of the molecule is Cc1cc[nH]p1. The Morgan fingerprint density at radius 3 is 2.83 bits per heavy atom. The van der Waals surface area contributed by atoms with Gasteiger partial charge in [-0.05, 0) is 18.3 Å². The molecule has 2 heteroatoms. The van der Waals surface area contributed by atoms with Gasteiger partial charge in [-0.25, -0.2) is 0 Å². The normalized spacial score (nSPS) is 10.2. The molecule has 0 fully saturated rings. The second-order valence-electron chi connectivity index (χ2n) is 1.22. The maximum Gasteiger partial charge on any atom is 0.0136 e. The van der Waals surface area contributed by atoms with Crippen LogP contribution in [0.3, 0.4) is 0 Å². The van der Waals surface area contributed by atoms with E-state index in [9.17, 15) is 0 Å². The fourth-order valence-corrected chi connectivity index (χ4v) is 0.836. The van der Waals surface area contributed by atoms with Crippen LogP contribution in [0.5, 0.6) is 0 Å². The zero-order valence-electron chi connectivity index (χ0n) is 3.60. The summed E-state index contributed by atoms with van der Waals surface area (Å²) >= 11 is 0. The van der Waals surface area contributed by atoms with Crippen LogP contribution in [0.4, 0.5) is 0 Å². The van der Waals surface area contributed by atoms with Crippen molar-refractivity contribution in [3.63, 3.8) is 0 Å². The van der Waals surface area contributed by atoms with Gasteiger partial charge in [0.15, 0.2) is 0 Å². The van der Waals surface area contributed by atoms with E-state index < -0.39 is 0 Å². The summed E-state index contributed by atoms with van der Waals surface area (Å²) in [5, 5.41) is 1.38. The van der Waals surface area contributed by atoms with E-state index in [1.807, 2.05) is 6.20 Å². The van der Waals surface area contributed by atoms with Crippen molar-refractivity contribution in [3.8, 4) is 0 Å². The first-order chi connectivity index (χ1) is 2.89. The zero-order valence-corrected chi connectivity index (χ0v) is 4.50. The molecule has 0 aliphatic carbocycles. The van der Waals surface area contributed by atoms with Crippen LogP contribution >= 0.6 is 8.35 Å². The predicted octanol–water partition coefficient (Wildman–Crippen LogP) is 1.90. The van der Waals surface area contributed by atoms with E-state index in [-0.39, 0.29) is 0 Å². The number of hydrogen-bond acceptors (Lipinski definition) is 0. The number of aromatic amines is 1. The molecule has 0 aromatic carbocycles. The molecule has 0 saturated heterocycles. The lowest BCUT2D eigenvalue weighted by Crippen LogP contribution is -1.41. The first-order valence-corrected chi connectivity index (χ1v) is 2.75. The third-order valence-electron chi connectivity index (χ3n) is 0.640. The number of aryl methyl sites for hydroxylation is 1. The van der Waals surface area contributed by atoms with Crippen molar-refractivity contribution in [1.29, 1.82) is 0 Å². The average molecular weight is 99.1 g/mol. The van der Waals surface area contributed by atoms with Gasteiger partial charge in [0.25, 0.3) is 0 Å². The highest BCUT2D eigenvalue weighted by molar-refractivity contribution is 7.26. The topological polar surface area (TPSA) is 15.8 Å². The quantitative estimate of drug-likeness (QED) is 0.511. The molecule has 1 nitrogen and oxygen atoms in total. The van der Waals surface area contributed by atoms with Crippen molar-refractivity contribution in [3.05, 3.63) is 17.6 Å². The minimum Gasteiger partial charge on any atom is -0.344 e. The van der Waals surface area contributed by atoms with E-state index in [1.54, 1.807) is 0 Å². The van der Waals surface area contributed by atoms with Gasteiger partial charge in [0.05, 0.1) is 0 Å². The number of H-pyrrole nitrogens is 1. The van der Waals surface area contributed by atoms with Crippen LogP contribution in [-0.4, -0.2) is 4.75 Å². The Kier molecular flexibility index (Phi) is 0.932. The van der Waals surface area contributed by atoms with Gasteiger partial charge in [0.2, 0.25) is 0 Å². The molecule has 1 heterocycles. The first-order valence-electron chi connectivity index (χ1n) is 1.86. The van der Waals surface area contributed by atoms with Gasteiger partial charge < -0.3 is 4.75 Å². The lowest BCUT2D eigenvalue weighted by Gasteiger charge is -1.64. The van der Waals surface area contributed by atoms with Crippen LogP contribution in [-0.2, 0) is 0 Å². The Balaban J connectivity index is 3.05. The Morgan fingerprint density at radius 2 is 2.67 bits per heavy atom. The first kappa shape index (κ1) is 3.89. The van der Waals surface area contributed by atoms with E-state index in [0.717, 1.165) is 0 Å². The molecule has 0 aliphatic heterocycles. The summed E-state index contributed by atoms with van der Waals surface area (Å²) in [7, 11) is 1.25. The summed E-state index contributed by atoms with van der Waals surface area (Å²) in [5.41, 5.74) is 0. The number of rotatable bonds is 0. The van der Waals surface area contributed by atoms with Crippen molar-refractivity contribution < 1.29 is 0 Å². The Bertz CT molecular complexity index is 111. The maximum absolute atomic E-state index is 3.03. The van der Waals surface area contributed by atoms with Gasteiger partial charge in [-0.3, -0.25) is 0 Å². The largest absolute Gasteiger partial charge is 0.344 e. The highest BCUT2D eigenvalue weighted by Gasteiger charge is 1.74. The minimum absolute atomic E-state index is 1.25. The zero-order chi connectivity index (χ0) is 4.41. The maximum atomic E-state index is 3.03. The van der Waals surface area contributed by atoms with Gasteiger partial charge in [-0.15, -0.1) is 0 Å². The molecule has 0 saturated carbocycles. The Hall–Kier alpha value is -0.290. The molecule has 32 valence electrons. The molecule has 0 atom stereocenters. The second-order valence-corrected chi connectivity index (χ2v) is 2.40. The molecule has 1 N–H and O–H groups in total. The molecule has 0 radical (unpaired) electrons. The summed E-state index contributed by atoms with van der Waals surface area (Å²) in [4.78, 5) is 0. The van der Waals surface area contributed by atoms with Crippen LogP contribution in [0.25, 0.3) is 0 Å². The van der Waals surface area contributed by atoms with Crippen molar-refractivity contribution in [2.75, 3.05) is 0 Å². The highest BCUT2D eigenvalue weighted by atomic mass is 31.0. The lowest BCUT2D eigenvalue weighted by molar-refractivity contribution is 1.57. The summed E-state index contributed by atoms with van der Waals surface area (Å²) in [6.45, 7) is 2.10. The predicted molar refractivity (Wildman–Crippen MR) is 28.0 cm³/mol. The summed E-state index contributed by atoms with van der Waals surface area (Å²) in [6.07, 6.45) is 1.96. The molecule has 1 aromatic heterocycles. The van der Waals surface area contributed by atoms with Crippen LogP contribution in [0.2, 0.25) is 0 Å². The van der Waals surface area contributed by atoms with Crippen LogP contribution in [0, 0.1) is 6.92 Å². The molecule has 0 amide bonds. The number of nitrogens with one attached hydrogen (secondary N) is 1. The van der Waals surface area contributed by atoms with Crippen LogP contribution < -0.4 is 0 Å². The van der Waals surface area contributed by atoms with Gasteiger partial charge >= 0.3 is 0 Å². The smallest absolute Gasteiger partial charge is 0.0136 e. The summed E-state index contributed by atoms with van der Waals surface area (Å²) in [5.74, 6) is 0. The van der Waals surface area contributed by atoms with Crippen molar-refractivity contribution in [2.45, 2.75) is 6.92 Å². The van der Waals surface area contributed by atoms with Gasteiger partial charge in [0, 0.05) is 14.5 Å². The molecule has 0 aliphatic rings. The number of hydrogen-bond donors (Lipinski definition) is 1. The average Bonchev–Trinajstić information content (AvgIpc) is 1.86. The van der Waals surface area contributed by atoms with Gasteiger partial charge in [-0.2, -0.15) is 0 Å². The fourth-order valence-electron chi connectivity index (χ4n) is 0.334. The third kappa shape index (κ3) is 0.605. The third-order valence-corrected chi connectivity index (χ3v) is 1.42. The van der Waals surface area contributed by atoms with Crippen molar-refractivity contribution in [2.24, 2.45) is 0 Å². The minimum atomic E-state index is 1.25. The molecule has 1 rings (SSSR count). The summed E-state index contributed by atoms with van der Waals surface area (Å²) < 4.78 is 3.03. The Labute approximate surface area is 38.6 Å². The highest BCUT2D eigenvalue weighted by Crippen LogP contribution is 2.05. The van der Waals surface area contributed by atoms with E-state index in [0.29, 0.717) is 0 Å². The van der Waals surface area contributed by atoms with Gasteiger partial charge in [0.1, 0.15) is 0 Å².